The van der Waals surface area contributed by atoms with Crippen LogP contribution in [0.5, 0.6) is 0 Å². The standard InChI is InChI=1S/C17H16ClFN2O.C13H24N2O/c1-11(10-22)12(2)20-17-15(5-4-8-21(17)3)14-7-6-13(18)9-16(14)19;1-5-7-8-13(16-4)12-9-14-15(10-12)11(3)6-2/h4-10H,1-3H3;9-11,13H,5-8H2,1-4H3/b12-11-,20-17?;/t;11?,13-/m.1/s1. The molecule has 0 spiro atoms. The zero-order chi connectivity index (χ0) is 28.2. The molecule has 0 N–H and O–H groups in total. The first kappa shape index (κ1) is 31.2. The van der Waals surface area contributed by atoms with E-state index < -0.39 is 5.82 Å². The Balaban J connectivity index is 0.000000281. The van der Waals surface area contributed by atoms with Gasteiger partial charge in [0, 0.05) is 65.6 Å². The maximum Gasteiger partial charge on any atom is 0.147 e. The van der Waals surface area contributed by atoms with Gasteiger partial charge in [-0.1, -0.05) is 38.3 Å². The first-order valence-electron chi connectivity index (χ1n) is 13.0. The number of carbonyl (C=O) groups excluding carboxylic acids is 1. The molecule has 3 rings (SSSR count). The summed E-state index contributed by atoms with van der Waals surface area (Å²) in [5.74, 6) is -0.413. The number of allylic oxidation sites excluding steroid dienone is 2. The molecule has 0 fully saturated rings. The number of carbonyl (C=O) groups is 1. The van der Waals surface area contributed by atoms with Gasteiger partial charge in [0.05, 0.1) is 12.3 Å². The molecule has 206 valence electrons. The average Bonchev–Trinajstić information content (AvgIpc) is 3.40. The number of hydrogen-bond acceptors (Lipinski definition) is 4. The number of ether oxygens (including phenoxy) is 1. The van der Waals surface area contributed by atoms with Crippen molar-refractivity contribution >= 4 is 17.9 Å². The monoisotopic (exact) mass is 542 g/mol. The van der Waals surface area contributed by atoms with Crippen molar-refractivity contribution in [3.63, 3.8) is 0 Å². The molecule has 2 heterocycles. The predicted octanol–water partition coefficient (Wildman–Crippen LogP) is 7.61. The molecule has 38 heavy (non-hydrogen) atoms. The molecule has 3 aromatic rings. The van der Waals surface area contributed by atoms with Gasteiger partial charge < -0.3 is 9.30 Å². The van der Waals surface area contributed by atoms with Crippen LogP contribution < -0.4 is 5.49 Å². The van der Waals surface area contributed by atoms with Gasteiger partial charge in [-0.15, -0.1) is 0 Å². The van der Waals surface area contributed by atoms with Crippen molar-refractivity contribution in [2.75, 3.05) is 7.11 Å². The molecular formula is C30H40ClFN4O2. The number of nitrogens with zero attached hydrogens (tertiary/aromatic N) is 4. The Hall–Kier alpha value is -3.03. The van der Waals surface area contributed by atoms with E-state index in [0.29, 0.717) is 38.9 Å². The van der Waals surface area contributed by atoms with E-state index in [4.69, 9.17) is 16.3 Å². The maximum absolute atomic E-state index is 14.2. The normalized spacial score (nSPS) is 13.9. The summed E-state index contributed by atoms with van der Waals surface area (Å²) in [6.45, 7) is 10.0. The molecule has 0 aliphatic carbocycles. The zero-order valence-electron chi connectivity index (χ0n) is 23.5. The fourth-order valence-corrected chi connectivity index (χ4v) is 3.91. The van der Waals surface area contributed by atoms with Gasteiger partial charge in [0.1, 0.15) is 17.6 Å². The molecular weight excluding hydrogens is 503 g/mol. The van der Waals surface area contributed by atoms with E-state index in [1.54, 1.807) is 43.7 Å². The lowest BCUT2D eigenvalue weighted by Gasteiger charge is -2.13. The summed E-state index contributed by atoms with van der Waals surface area (Å²) in [5, 5.41) is 4.74. The molecule has 0 saturated heterocycles. The average molecular weight is 543 g/mol. The minimum atomic E-state index is -0.413. The molecule has 0 aliphatic rings. The van der Waals surface area contributed by atoms with Gasteiger partial charge in [-0.05, 0) is 63.9 Å². The smallest absolute Gasteiger partial charge is 0.147 e. The number of aromatic nitrogens is 3. The van der Waals surface area contributed by atoms with E-state index in [1.165, 1.54) is 24.5 Å². The first-order chi connectivity index (χ1) is 18.2. The highest BCUT2D eigenvalue weighted by Gasteiger charge is 2.13. The molecule has 6 nitrogen and oxygen atoms in total. The second kappa shape index (κ2) is 15.4. The zero-order valence-corrected chi connectivity index (χ0v) is 24.3. The van der Waals surface area contributed by atoms with Gasteiger partial charge in [-0.2, -0.15) is 5.10 Å². The lowest BCUT2D eigenvalue weighted by Crippen LogP contribution is -2.20. The Morgan fingerprint density at radius 1 is 1.24 bits per heavy atom. The van der Waals surface area contributed by atoms with Crippen molar-refractivity contribution in [1.82, 2.24) is 14.3 Å². The second-order valence-corrected chi connectivity index (χ2v) is 9.79. The van der Waals surface area contributed by atoms with E-state index >= 15 is 0 Å². The summed E-state index contributed by atoms with van der Waals surface area (Å²) in [5.41, 5.74) is 3.95. The Bertz CT molecular complexity index is 1300. The fraction of sp³-hybridized carbons (Fsp3) is 0.433. The number of aryl methyl sites for hydroxylation is 1. The van der Waals surface area contributed by atoms with Crippen LogP contribution in [0.2, 0.25) is 5.02 Å². The van der Waals surface area contributed by atoms with Gasteiger partial charge in [0.25, 0.3) is 0 Å². The molecule has 2 aromatic heterocycles. The van der Waals surface area contributed by atoms with E-state index in [2.05, 4.69) is 37.1 Å². The van der Waals surface area contributed by atoms with Crippen molar-refractivity contribution in [3.8, 4) is 11.1 Å². The van der Waals surface area contributed by atoms with Gasteiger partial charge in [-0.25, -0.2) is 9.38 Å². The number of methoxy groups -OCH3 is 1. The Kier molecular flexibility index (Phi) is 12.6. The van der Waals surface area contributed by atoms with Crippen LogP contribution in [0.3, 0.4) is 0 Å². The third-order valence-electron chi connectivity index (χ3n) is 6.53. The van der Waals surface area contributed by atoms with E-state index in [9.17, 15) is 9.18 Å². The topological polar surface area (TPSA) is 61.4 Å². The number of unbranched alkanes of at least 4 members (excludes halogenated alkanes) is 1. The van der Waals surface area contributed by atoms with E-state index in [1.807, 2.05) is 30.2 Å². The molecule has 0 radical (unpaired) electrons. The number of rotatable bonds is 10. The van der Waals surface area contributed by atoms with Crippen LogP contribution in [0.15, 0.2) is 65.2 Å². The summed E-state index contributed by atoms with van der Waals surface area (Å²) in [4.78, 5) is 15.3. The van der Waals surface area contributed by atoms with E-state index in [-0.39, 0.29) is 6.10 Å². The highest BCUT2D eigenvalue weighted by molar-refractivity contribution is 6.30. The SMILES string of the molecule is C/C(C=O)=C(\C)N=c1c(-c2ccc(Cl)cc2F)cccn1C.CCCC[C@@H](OC)c1cnn(C(C)CC)c1. The molecule has 0 amide bonds. The molecule has 0 saturated carbocycles. The summed E-state index contributed by atoms with van der Waals surface area (Å²) in [6, 6.07) is 8.60. The lowest BCUT2D eigenvalue weighted by atomic mass is 10.1. The Morgan fingerprint density at radius 2 is 1.97 bits per heavy atom. The number of hydrogen-bond donors (Lipinski definition) is 0. The molecule has 0 bridgehead atoms. The third kappa shape index (κ3) is 8.50. The van der Waals surface area contributed by atoms with Crippen molar-refractivity contribution in [1.29, 1.82) is 0 Å². The summed E-state index contributed by atoms with van der Waals surface area (Å²) >= 11 is 5.81. The molecule has 1 aromatic carbocycles. The van der Waals surface area contributed by atoms with Gasteiger partial charge in [0.2, 0.25) is 0 Å². The first-order valence-corrected chi connectivity index (χ1v) is 13.4. The van der Waals surface area contributed by atoms with E-state index in [0.717, 1.165) is 19.1 Å². The lowest BCUT2D eigenvalue weighted by molar-refractivity contribution is -0.104. The predicted molar refractivity (Wildman–Crippen MR) is 152 cm³/mol. The van der Waals surface area contributed by atoms with Crippen LogP contribution >= 0.6 is 11.6 Å². The number of aldehydes is 1. The van der Waals surface area contributed by atoms with Gasteiger partial charge in [0.15, 0.2) is 0 Å². The van der Waals surface area contributed by atoms with Crippen LogP contribution in [0.4, 0.5) is 4.39 Å². The van der Waals surface area contributed by atoms with Crippen molar-refractivity contribution in [3.05, 3.63) is 82.1 Å². The van der Waals surface area contributed by atoms with Crippen LogP contribution in [-0.4, -0.2) is 27.7 Å². The number of benzene rings is 1. The maximum atomic E-state index is 14.2. The third-order valence-corrected chi connectivity index (χ3v) is 6.77. The highest BCUT2D eigenvalue weighted by Crippen LogP contribution is 2.24. The minimum absolute atomic E-state index is 0.206. The molecule has 0 aliphatic heterocycles. The van der Waals surface area contributed by atoms with Crippen molar-refractivity contribution in [2.24, 2.45) is 12.0 Å². The molecule has 2 atom stereocenters. The highest BCUT2D eigenvalue weighted by atomic mass is 35.5. The van der Waals surface area contributed by atoms with Crippen LogP contribution in [0.1, 0.15) is 78.0 Å². The fourth-order valence-electron chi connectivity index (χ4n) is 3.75. The quantitative estimate of drug-likeness (QED) is 0.195. The van der Waals surface area contributed by atoms with Crippen molar-refractivity contribution < 1.29 is 13.9 Å². The number of pyridine rings is 1. The number of halogens is 2. The second-order valence-electron chi connectivity index (χ2n) is 9.36. The van der Waals surface area contributed by atoms with Gasteiger partial charge >= 0.3 is 0 Å². The van der Waals surface area contributed by atoms with Crippen molar-refractivity contribution in [2.45, 2.75) is 72.4 Å². The molecule has 8 heteroatoms. The van der Waals surface area contributed by atoms with Gasteiger partial charge in [-0.3, -0.25) is 9.48 Å². The summed E-state index contributed by atoms with van der Waals surface area (Å²) in [6.07, 6.45) is 11.4. The molecule has 1 unspecified atom stereocenters. The van der Waals surface area contributed by atoms with Crippen LogP contribution in [-0.2, 0) is 16.6 Å². The van der Waals surface area contributed by atoms with Crippen LogP contribution in [0.25, 0.3) is 11.1 Å². The Morgan fingerprint density at radius 3 is 2.58 bits per heavy atom. The van der Waals surface area contributed by atoms with Crippen LogP contribution in [0, 0.1) is 5.82 Å². The summed E-state index contributed by atoms with van der Waals surface area (Å²) in [7, 11) is 3.60. The minimum Gasteiger partial charge on any atom is -0.377 e. The summed E-state index contributed by atoms with van der Waals surface area (Å²) < 4.78 is 23.5. The largest absolute Gasteiger partial charge is 0.377 e. The Labute approximate surface area is 230 Å².